The van der Waals surface area contributed by atoms with Gasteiger partial charge in [-0.15, -0.1) is 0 Å². The minimum atomic E-state index is -0.237. The van der Waals surface area contributed by atoms with Crippen molar-refractivity contribution in [1.29, 1.82) is 0 Å². The molecule has 0 atom stereocenters. The molecule has 2 aromatic rings. The van der Waals surface area contributed by atoms with Crippen LogP contribution >= 0.6 is 0 Å². The van der Waals surface area contributed by atoms with Crippen LogP contribution in [0, 0.1) is 0 Å². The second kappa shape index (κ2) is 38.7. The third kappa shape index (κ3) is 22.4. The lowest BCUT2D eigenvalue weighted by Gasteiger charge is -2.57. The van der Waals surface area contributed by atoms with Crippen molar-refractivity contribution >= 4 is 35.7 Å². The van der Waals surface area contributed by atoms with Crippen LogP contribution in [0.4, 0.5) is 35.7 Å². The van der Waals surface area contributed by atoms with Crippen LogP contribution in [0.25, 0.3) is 0 Å². The van der Waals surface area contributed by atoms with Crippen molar-refractivity contribution in [2.24, 2.45) is 0 Å². The lowest BCUT2D eigenvalue weighted by Crippen LogP contribution is -2.65. The molecule has 110 heavy (non-hydrogen) atoms. The monoisotopic (exact) mass is 1540 g/mol. The molecule has 630 valence electrons. The molecular formula is C90H166N16O4. The zero-order valence-electron chi connectivity index (χ0n) is 74.9. The van der Waals surface area contributed by atoms with Gasteiger partial charge in [0, 0.05) is 121 Å². The van der Waals surface area contributed by atoms with Gasteiger partial charge in [0.2, 0.25) is 35.7 Å². The molecule has 0 amide bonds. The van der Waals surface area contributed by atoms with Gasteiger partial charge in [0.25, 0.3) is 0 Å². The SMILES string of the molecule is CCCCN(c1nc(N(CCC)CCN(CCC)c2nc(N(CCCC)C3CC(C)(C)N(OC4CCCCC4)C(C)(C)C3)nc(N(CCCC)C3CC(C)(C)N(OC4CCCCC4)C(C)(C)C3)n2)nc(N(CCCC)C2CC(C)(C)N(OC3CCCCC3)C(C)(C)C2)n1)C1CC(C)(C)N(OC2CCCCC2)C(C)(C)C1. The largest absolute Gasteiger partial charge is 0.339 e. The maximum atomic E-state index is 7.21. The van der Waals surface area contributed by atoms with Gasteiger partial charge in [-0.2, -0.15) is 50.2 Å². The predicted octanol–water partition coefficient (Wildman–Crippen LogP) is 20.8. The molecule has 0 N–H and O–H groups in total. The van der Waals surface area contributed by atoms with Crippen molar-refractivity contribution in [3.05, 3.63) is 0 Å². The number of hydrogen-bond donors (Lipinski definition) is 0. The van der Waals surface area contributed by atoms with Crippen molar-refractivity contribution < 1.29 is 19.4 Å². The summed E-state index contributed by atoms with van der Waals surface area (Å²) in [5.41, 5.74) is -1.90. The van der Waals surface area contributed by atoms with Crippen LogP contribution in [0.1, 0.15) is 396 Å². The highest BCUT2D eigenvalue weighted by atomic mass is 16.7. The van der Waals surface area contributed by atoms with Gasteiger partial charge in [-0.3, -0.25) is 19.4 Å². The molecule has 4 aliphatic carbocycles. The van der Waals surface area contributed by atoms with Crippen LogP contribution < -0.4 is 29.4 Å². The van der Waals surface area contributed by atoms with Crippen molar-refractivity contribution in [2.45, 2.75) is 489 Å². The maximum Gasteiger partial charge on any atom is 0.232 e. The van der Waals surface area contributed by atoms with Gasteiger partial charge < -0.3 is 29.4 Å². The average molecular weight is 1540 g/mol. The fraction of sp³-hybridized carbons (Fsp3) is 0.933. The van der Waals surface area contributed by atoms with E-state index < -0.39 is 0 Å². The number of hydroxylamine groups is 8. The molecule has 0 spiro atoms. The average Bonchev–Trinajstić information content (AvgIpc) is 0.763. The van der Waals surface area contributed by atoms with Gasteiger partial charge in [-0.05, 0) is 252 Å². The first-order valence-corrected chi connectivity index (χ1v) is 46.2. The Morgan fingerprint density at radius 2 is 0.427 bits per heavy atom. The quantitative estimate of drug-likeness (QED) is 0.0631. The molecular weight excluding hydrogens is 1370 g/mol. The Morgan fingerprint density at radius 3 is 0.600 bits per heavy atom. The van der Waals surface area contributed by atoms with Crippen LogP contribution in [0.15, 0.2) is 0 Å². The van der Waals surface area contributed by atoms with Gasteiger partial charge in [-0.1, -0.05) is 144 Å². The second-order valence-corrected chi connectivity index (χ2v) is 41.0. The lowest BCUT2D eigenvalue weighted by molar-refractivity contribution is -0.310. The summed E-state index contributed by atoms with van der Waals surface area (Å²) in [7, 11) is 0. The zero-order chi connectivity index (χ0) is 79.5. The Hall–Kier alpha value is -3.50. The van der Waals surface area contributed by atoms with E-state index in [1.54, 1.807) is 0 Å². The molecule has 8 aliphatic rings. The zero-order valence-corrected chi connectivity index (χ0v) is 74.9. The molecule has 0 radical (unpaired) electrons. The molecule has 20 nitrogen and oxygen atoms in total. The maximum absolute atomic E-state index is 7.21. The fourth-order valence-electron chi connectivity index (χ4n) is 22.1. The molecule has 4 saturated carbocycles. The topological polar surface area (TPSA) is 147 Å². The first-order chi connectivity index (χ1) is 52.2. The molecule has 0 unspecified atom stereocenters. The number of aromatic nitrogens is 6. The number of piperidine rings is 4. The van der Waals surface area contributed by atoms with Gasteiger partial charge in [0.05, 0.1) is 24.4 Å². The number of nitrogens with zero attached hydrogens (tertiary/aromatic N) is 16. The Labute approximate surface area is 672 Å². The van der Waals surface area contributed by atoms with Crippen molar-refractivity contribution in [3.63, 3.8) is 0 Å². The van der Waals surface area contributed by atoms with Crippen LogP contribution in [0.3, 0.4) is 0 Å². The van der Waals surface area contributed by atoms with Crippen molar-refractivity contribution in [1.82, 2.24) is 50.2 Å². The van der Waals surface area contributed by atoms with Gasteiger partial charge in [0.15, 0.2) is 0 Å². The first-order valence-electron chi connectivity index (χ1n) is 46.2. The smallest absolute Gasteiger partial charge is 0.232 e. The van der Waals surface area contributed by atoms with E-state index in [9.17, 15) is 0 Å². The normalized spacial score (nSPS) is 24.4. The van der Waals surface area contributed by atoms with Crippen LogP contribution in [0.2, 0.25) is 0 Å². The molecule has 2 aromatic heterocycles. The number of rotatable bonds is 37. The number of hydrogen-bond acceptors (Lipinski definition) is 20. The molecule has 20 heteroatoms. The number of unbranched alkanes of at least 4 members (excludes halogenated alkanes) is 4. The number of anilines is 6. The lowest BCUT2D eigenvalue weighted by atomic mass is 9.78. The van der Waals surface area contributed by atoms with Crippen molar-refractivity contribution in [3.8, 4) is 0 Å². The van der Waals surface area contributed by atoms with E-state index in [-0.39, 0.29) is 92.9 Å². The minimum Gasteiger partial charge on any atom is -0.339 e. The molecule has 8 fully saturated rings. The first kappa shape index (κ1) is 88.9. The van der Waals surface area contributed by atoms with E-state index in [1.165, 1.54) is 77.0 Å². The third-order valence-corrected chi connectivity index (χ3v) is 26.7. The van der Waals surface area contributed by atoms with E-state index >= 15 is 0 Å². The summed E-state index contributed by atoms with van der Waals surface area (Å²) in [6.07, 6.45) is 43.2. The molecule has 4 saturated heterocycles. The summed E-state index contributed by atoms with van der Waals surface area (Å²) in [6.45, 7) is 59.2. The van der Waals surface area contributed by atoms with E-state index in [2.05, 4.69) is 202 Å². The standard InChI is InChI=1S/C90H166N16O4/c1-23-29-55-99(69-61-83(7,8)103(84(9,10)62-69)107-73-45-37-33-38-46-73)79-91-77(92-80(95-79)100(56-30-24-2)70-63-85(11,12)104(86(13,14)64-70)108-74-47-39-34-40-48-74)97(53-27-5)59-60-98(54-28-6)78-93-81(101(57-31-25-3)71-65-87(15,16)105(88(17,18)66-71)109-75-49-41-35-42-50-75)96-82(94-78)102(58-32-26-4)72-67-89(19,20)106(90(21,22)68-72)110-76-51-43-36-44-52-76/h69-76H,23-68H2,1-22H3. The summed E-state index contributed by atoms with van der Waals surface area (Å²) < 4.78 is 0. The van der Waals surface area contributed by atoms with E-state index in [0.29, 0.717) is 13.1 Å². The summed E-state index contributed by atoms with van der Waals surface area (Å²) in [4.78, 5) is 80.0. The predicted molar refractivity (Wildman–Crippen MR) is 458 cm³/mol. The summed E-state index contributed by atoms with van der Waals surface area (Å²) >= 11 is 0. The van der Waals surface area contributed by atoms with Crippen molar-refractivity contribution in [2.75, 3.05) is 81.8 Å². The molecule has 10 rings (SSSR count). The highest BCUT2D eigenvalue weighted by Crippen LogP contribution is 2.49. The Kier molecular flexibility index (Phi) is 31.3. The summed E-state index contributed by atoms with van der Waals surface area (Å²) in [6, 6.07) is 0.677. The van der Waals surface area contributed by atoms with E-state index in [1.807, 2.05) is 0 Å². The van der Waals surface area contributed by atoms with E-state index in [4.69, 9.17) is 49.3 Å². The van der Waals surface area contributed by atoms with Gasteiger partial charge in [0.1, 0.15) is 0 Å². The fourth-order valence-corrected chi connectivity index (χ4v) is 22.1. The van der Waals surface area contributed by atoms with Gasteiger partial charge >= 0.3 is 0 Å². The van der Waals surface area contributed by atoms with Crippen LogP contribution in [0.5, 0.6) is 0 Å². The van der Waals surface area contributed by atoms with Gasteiger partial charge in [-0.25, -0.2) is 0 Å². The molecule has 4 aliphatic heterocycles. The van der Waals surface area contributed by atoms with E-state index in [0.717, 1.165) is 242 Å². The van der Waals surface area contributed by atoms with Crippen LogP contribution in [-0.2, 0) is 19.4 Å². The Bertz CT molecular complexity index is 2630. The third-order valence-electron chi connectivity index (χ3n) is 26.7. The Balaban J connectivity index is 1.08. The Morgan fingerprint density at radius 1 is 0.245 bits per heavy atom. The molecule has 0 bridgehead atoms. The summed E-state index contributed by atoms with van der Waals surface area (Å²) in [5.74, 6) is 4.76. The van der Waals surface area contributed by atoms with Crippen LogP contribution in [-0.4, -0.2) is 195 Å². The summed E-state index contributed by atoms with van der Waals surface area (Å²) in [5, 5.41) is 9.73. The second-order valence-electron chi connectivity index (χ2n) is 41.0. The highest BCUT2D eigenvalue weighted by Gasteiger charge is 2.55. The minimum absolute atomic E-state index is 0.169. The molecule has 6 heterocycles. The highest BCUT2D eigenvalue weighted by molar-refractivity contribution is 5.51. The molecule has 0 aromatic carbocycles.